The molecular formula is C16H18N4O3S. The highest BCUT2D eigenvalue weighted by molar-refractivity contribution is 7.89. The van der Waals surface area contributed by atoms with Crippen LogP contribution in [0.1, 0.15) is 37.2 Å². The van der Waals surface area contributed by atoms with Gasteiger partial charge in [-0.2, -0.15) is 5.10 Å². The zero-order valence-electron chi connectivity index (χ0n) is 13.0. The first kappa shape index (κ1) is 15.3. The van der Waals surface area contributed by atoms with Gasteiger partial charge in [0.15, 0.2) is 5.58 Å². The average molecular weight is 346 g/mol. The number of fused-ring (bicyclic) bond motifs is 1. The molecule has 0 radical (unpaired) electrons. The van der Waals surface area contributed by atoms with E-state index < -0.39 is 10.0 Å². The predicted molar refractivity (Wildman–Crippen MR) is 87.9 cm³/mol. The average Bonchev–Trinajstić information content (AvgIpc) is 3.26. The van der Waals surface area contributed by atoms with Crippen molar-refractivity contribution in [2.45, 2.75) is 42.5 Å². The number of nitrogens with zero attached hydrogens (tertiary/aromatic N) is 2. The van der Waals surface area contributed by atoms with E-state index in [0.29, 0.717) is 5.92 Å². The molecule has 4 rings (SSSR count). The lowest BCUT2D eigenvalue weighted by Crippen LogP contribution is -2.37. The van der Waals surface area contributed by atoms with Crippen molar-refractivity contribution >= 4 is 21.1 Å². The van der Waals surface area contributed by atoms with Crippen molar-refractivity contribution in [2.24, 2.45) is 0 Å². The molecule has 1 saturated carbocycles. The van der Waals surface area contributed by atoms with Crippen molar-refractivity contribution in [3.63, 3.8) is 0 Å². The minimum Gasteiger partial charge on any atom is -0.462 e. The highest BCUT2D eigenvalue weighted by Crippen LogP contribution is 2.37. The number of aromatic amines is 1. The van der Waals surface area contributed by atoms with Crippen LogP contribution in [0.4, 0.5) is 0 Å². The molecule has 0 aromatic carbocycles. The standard InChI is InChI=1S/C16H18N4O3S/c21-24(22,13-8-18-19-9-13)20-12-5-3-11(4-6-12)14-10-23-15-2-1-7-17-16(14)15/h1-2,7-12,20H,3-6H2,(H,18,19)/t11-,12-. The van der Waals surface area contributed by atoms with Crippen LogP contribution in [-0.4, -0.2) is 29.6 Å². The second-order valence-electron chi connectivity index (χ2n) is 6.15. The molecule has 0 saturated heterocycles. The largest absolute Gasteiger partial charge is 0.462 e. The molecule has 0 amide bonds. The van der Waals surface area contributed by atoms with Crippen LogP contribution in [0.2, 0.25) is 0 Å². The molecular weight excluding hydrogens is 328 g/mol. The van der Waals surface area contributed by atoms with E-state index >= 15 is 0 Å². The molecule has 1 fully saturated rings. The van der Waals surface area contributed by atoms with E-state index in [2.05, 4.69) is 19.9 Å². The van der Waals surface area contributed by atoms with Gasteiger partial charge in [0.1, 0.15) is 10.4 Å². The SMILES string of the molecule is O=S(=O)(N[C@H]1CC[C@H](c2coc3cccnc32)CC1)c1cn[nH]c1. The summed E-state index contributed by atoms with van der Waals surface area (Å²) in [5.41, 5.74) is 2.84. The minimum absolute atomic E-state index is 0.0488. The number of hydrogen-bond acceptors (Lipinski definition) is 5. The molecule has 1 aliphatic carbocycles. The summed E-state index contributed by atoms with van der Waals surface area (Å²) < 4.78 is 32.8. The lowest BCUT2D eigenvalue weighted by Gasteiger charge is -2.28. The molecule has 24 heavy (non-hydrogen) atoms. The summed E-state index contributed by atoms with van der Waals surface area (Å²) >= 11 is 0. The van der Waals surface area contributed by atoms with Crippen LogP contribution < -0.4 is 4.72 Å². The van der Waals surface area contributed by atoms with Crippen LogP contribution in [0.15, 0.2) is 46.3 Å². The fourth-order valence-corrected chi connectivity index (χ4v) is 4.58. The molecule has 3 aromatic heterocycles. The van der Waals surface area contributed by atoms with E-state index in [1.165, 1.54) is 12.4 Å². The summed E-state index contributed by atoms with van der Waals surface area (Å²) in [6.45, 7) is 0. The number of pyridine rings is 1. The monoisotopic (exact) mass is 346 g/mol. The Bertz CT molecular complexity index is 925. The number of sulfonamides is 1. The van der Waals surface area contributed by atoms with Gasteiger partial charge in [-0.05, 0) is 43.7 Å². The number of H-pyrrole nitrogens is 1. The topological polar surface area (TPSA) is 101 Å². The number of aromatic nitrogens is 3. The molecule has 7 nitrogen and oxygen atoms in total. The van der Waals surface area contributed by atoms with Crippen LogP contribution >= 0.6 is 0 Å². The zero-order valence-corrected chi connectivity index (χ0v) is 13.8. The Morgan fingerprint density at radius 2 is 2.08 bits per heavy atom. The van der Waals surface area contributed by atoms with Crippen molar-refractivity contribution in [1.29, 1.82) is 0 Å². The maximum atomic E-state index is 12.3. The van der Waals surface area contributed by atoms with Gasteiger partial charge in [0.05, 0.1) is 12.5 Å². The fraction of sp³-hybridized carbons (Fsp3) is 0.375. The normalized spacial score (nSPS) is 22.0. The minimum atomic E-state index is -3.50. The van der Waals surface area contributed by atoms with E-state index in [1.54, 1.807) is 12.5 Å². The molecule has 0 unspecified atom stereocenters. The first-order valence-corrected chi connectivity index (χ1v) is 9.45. The Labute approximate surface area is 139 Å². The third-order valence-corrected chi connectivity index (χ3v) is 6.12. The third kappa shape index (κ3) is 2.83. The maximum absolute atomic E-state index is 12.3. The third-order valence-electron chi connectivity index (χ3n) is 4.63. The summed E-state index contributed by atoms with van der Waals surface area (Å²) in [6, 6.07) is 3.72. The number of nitrogens with one attached hydrogen (secondary N) is 2. The molecule has 3 heterocycles. The number of hydrogen-bond donors (Lipinski definition) is 2. The summed E-state index contributed by atoms with van der Waals surface area (Å²) in [7, 11) is -3.50. The molecule has 0 atom stereocenters. The Morgan fingerprint density at radius 1 is 1.25 bits per heavy atom. The highest BCUT2D eigenvalue weighted by Gasteiger charge is 2.28. The molecule has 0 aliphatic heterocycles. The van der Waals surface area contributed by atoms with Gasteiger partial charge in [-0.1, -0.05) is 0 Å². The van der Waals surface area contributed by atoms with E-state index in [9.17, 15) is 8.42 Å². The molecule has 1 aliphatic rings. The molecule has 2 N–H and O–H groups in total. The van der Waals surface area contributed by atoms with Crippen molar-refractivity contribution < 1.29 is 12.8 Å². The van der Waals surface area contributed by atoms with Crippen LogP contribution in [0.5, 0.6) is 0 Å². The van der Waals surface area contributed by atoms with Gasteiger partial charge in [-0.15, -0.1) is 0 Å². The van der Waals surface area contributed by atoms with E-state index in [4.69, 9.17) is 4.42 Å². The van der Waals surface area contributed by atoms with Crippen LogP contribution in [-0.2, 0) is 10.0 Å². The fourth-order valence-electron chi connectivity index (χ4n) is 3.37. The molecule has 0 spiro atoms. The van der Waals surface area contributed by atoms with Gasteiger partial charge in [0, 0.05) is 24.0 Å². The summed E-state index contributed by atoms with van der Waals surface area (Å²) in [6.07, 6.45) is 9.66. The van der Waals surface area contributed by atoms with E-state index in [1.807, 2.05) is 12.1 Å². The Morgan fingerprint density at radius 3 is 2.83 bits per heavy atom. The van der Waals surface area contributed by atoms with Gasteiger partial charge in [-0.25, -0.2) is 13.1 Å². The van der Waals surface area contributed by atoms with Crippen molar-refractivity contribution in [3.05, 3.63) is 42.5 Å². The van der Waals surface area contributed by atoms with E-state index in [0.717, 1.165) is 42.3 Å². The highest BCUT2D eigenvalue weighted by atomic mass is 32.2. The summed E-state index contributed by atoms with van der Waals surface area (Å²) in [5, 5.41) is 6.22. The first-order valence-electron chi connectivity index (χ1n) is 7.97. The Hall–Kier alpha value is -2.19. The van der Waals surface area contributed by atoms with Crippen LogP contribution in [0.3, 0.4) is 0 Å². The predicted octanol–water partition coefficient (Wildman–Crippen LogP) is 2.56. The first-order chi connectivity index (χ1) is 11.6. The van der Waals surface area contributed by atoms with Crippen molar-refractivity contribution in [1.82, 2.24) is 19.9 Å². The molecule has 0 bridgehead atoms. The maximum Gasteiger partial charge on any atom is 0.243 e. The second kappa shape index (κ2) is 6.03. The smallest absolute Gasteiger partial charge is 0.243 e. The van der Waals surface area contributed by atoms with Crippen LogP contribution in [0, 0.1) is 0 Å². The lowest BCUT2D eigenvalue weighted by atomic mass is 9.82. The quantitative estimate of drug-likeness (QED) is 0.756. The molecule has 3 aromatic rings. The Balaban J connectivity index is 1.44. The van der Waals surface area contributed by atoms with E-state index in [-0.39, 0.29) is 10.9 Å². The summed E-state index contributed by atoms with van der Waals surface area (Å²) in [5.74, 6) is 0.357. The second-order valence-corrected chi connectivity index (χ2v) is 7.86. The van der Waals surface area contributed by atoms with Gasteiger partial charge < -0.3 is 4.42 Å². The molecule has 126 valence electrons. The van der Waals surface area contributed by atoms with Crippen LogP contribution in [0.25, 0.3) is 11.1 Å². The zero-order chi connectivity index (χ0) is 16.6. The van der Waals surface area contributed by atoms with Crippen molar-refractivity contribution in [3.8, 4) is 0 Å². The Kier molecular flexibility index (Phi) is 3.85. The van der Waals surface area contributed by atoms with Gasteiger partial charge >= 0.3 is 0 Å². The number of rotatable bonds is 4. The number of furan rings is 1. The lowest BCUT2D eigenvalue weighted by molar-refractivity contribution is 0.373. The van der Waals surface area contributed by atoms with Crippen molar-refractivity contribution in [2.75, 3.05) is 0 Å². The van der Waals surface area contributed by atoms with Gasteiger partial charge in [0.25, 0.3) is 0 Å². The summed E-state index contributed by atoms with van der Waals surface area (Å²) in [4.78, 5) is 4.59. The van der Waals surface area contributed by atoms with Gasteiger partial charge in [-0.3, -0.25) is 10.1 Å². The molecule has 8 heteroatoms. The van der Waals surface area contributed by atoms with Gasteiger partial charge in [0.2, 0.25) is 10.0 Å².